The smallest absolute Gasteiger partial charge is 0.259 e. The Labute approximate surface area is 182 Å². The molecule has 5 nitrogen and oxygen atoms in total. The van der Waals surface area contributed by atoms with Crippen LogP contribution in [0.5, 0.6) is 0 Å². The van der Waals surface area contributed by atoms with Gasteiger partial charge in [-0.3, -0.25) is 9.69 Å². The van der Waals surface area contributed by atoms with Crippen LogP contribution in [0, 0.1) is 13.8 Å². The summed E-state index contributed by atoms with van der Waals surface area (Å²) in [5.41, 5.74) is 7.59. The van der Waals surface area contributed by atoms with Gasteiger partial charge in [0.15, 0.2) is 0 Å². The number of aryl methyl sites for hydroxylation is 2. The lowest BCUT2D eigenvalue weighted by Crippen LogP contribution is -2.38. The Hall–Kier alpha value is -3.73. The number of anilines is 1. The van der Waals surface area contributed by atoms with Crippen LogP contribution in [0.2, 0.25) is 0 Å². The van der Waals surface area contributed by atoms with Crippen molar-refractivity contribution in [2.45, 2.75) is 26.7 Å². The number of amides is 1. The first-order valence-corrected chi connectivity index (χ1v) is 10.5. The van der Waals surface area contributed by atoms with Gasteiger partial charge in [-0.05, 0) is 84.8 Å². The van der Waals surface area contributed by atoms with E-state index in [0.717, 1.165) is 41.0 Å². The molecule has 0 fully saturated rings. The highest BCUT2D eigenvalue weighted by Crippen LogP contribution is 2.28. The van der Waals surface area contributed by atoms with E-state index < -0.39 is 0 Å². The molecule has 0 saturated heterocycles. The van der Waals surface area contributed by atoms with Crippen LogP contribution in [0.25, 0.3) is 5.69 Å². The summed E-state index contributed by atoms with van der Waals surface area (Å²) in [6.45, 7) is 4.80. The quantitative estimate of drug-likeness (QED) is 0.493. The van der Waals surface area contributed by atoms with Crippen LogP contribution in [-0.4, -0.2) is 27.2 Å². The Morgan fingerprint density at radius 2 is 1.81 bits per heavy atom. The normalized spacial score (nSPS) is 13.4. The van der Waals surface area contributed by atoms with Gasteiger partial charge in [0.2, 0.25) is 0 Å². The first-order chi connectivity index (χ1) is 15.1. The number of rotatable bonds is 4. The van der Waals surface area contributed by atoms with Crippen LogP contribution >= 0.6 is 0 Å². The van der Waals surface area contributed by atoms with Gasteiger partial charge in [0, 0.05) is 30.7 Å². The van der Waals surface area contributed by atoms with Crippen LogP contribution in [0.1, 0.15) is 38.2 Å². The Balaban J connectivity index is 1.43. The Kier molecular flexibility index (Phi) is 4.86. The van der Waals surface area contributed by atoms with E-state index in [1.807, 2.05) is 40.9 Å². The highest BCUT2D eigenvalue weighted by molar-refractivity contribution is 6.08. The van der Waals surface area contributed by atoms with Gasteiger partial charge in [0.1, 0.15) is 5.82 Å². The second-order valence-corrected chi connectivity index (χ2v) is 8.08. The van der Waals surface area contributed by atoms with Gasteiger partial charge >= 0.3 is 0 Å². The zero-order valence-electron chi connectivity index (χ0n) is 17.7. The zero-order valence-corrected chi connectivity index (χ0v) is 17.7. The second kappa shape index (κ2) is 7.84. The summed E-state index contributed by atoms with van der Waals surface area (Å²) < 4.78 is 1.85. The zero-order chi connectivity index (χ0) is 21.4. The third kappa shape index (κ3) is 3.63. The number of benzene rings is 2. The molecule has 3 heterocycles. The molecule has 1 aliphatic heterocycles. The SMILES string of the molecule is Cc1cc2c(cc1Cc1ccc(-n3cccn3)cc1)C(=O)N(c1ncccc1C)CC2. The average molecular weight is 409 g/mol. The molecule has 0 radical (unpaired) electrons. The third-order valence-corrected chi connectivity index (χ3v) is 5.98. The third-order valence-electron chi connectivity index (χ3n) is 5.98. The summed E-state index contributed by atoms with van der Waals surface area (Å²) in [4.78, 5) is 19.6. The van der Waals surface area contributed by atoms with E-state index in [9.17, 15) is 4.79 Å². The first-order valence-electron chi connectivity index (χ1n) is 10.5. The molecule has 1 amide bonds. The van der Waals surface area contributed by atoms with E-state index in [-0.39, 0.29) is 5.91 Å². The van der Waals surface area contributed by atoms with E-state index in [1.165, 1.54) is 16.7 Å². The number of carbonyl (C=O) groups excluding carboxylic acids is 1. The predicted octanol–water partition coefficient (Wildman–Crippen LogP) is 4.68. The van der Waals surface area contributed by atoms with Crippen molar-refractivity contribution < 1.29 is 4.79 Å². The summed E-state index contributed by atoms with van der Waals surface area (Å²) in [6, 6.07) is 18.5. The fraction of sp³-hybridized carbons (Fsp3) is 0.192. The monoisotopic (exact) mass is 408 g/mol. The maximum Gasteiger partial charge on any atom is 0.259 e. The lowest BCUT2D eigenvalue weighted by Gasteiger charge is -2.29. The van der Waals surface area contributed by atoms with Gasteiger partial charge in [-0.15, -0.1) is 0 Å². The van der Waals surface area contributed by atoms with Crippen molar-refractivity contribution in [1.29, 1.82) is 0 Å². The molecule has 0 spiro atoms. The molecule has 2 aromatic heterocycles. The van der Waals surface area contributed by atoms with Gasteiger partial charge in [0.05, 0.1) is 5.69 Å². The molecule has 0 aliphatic carbocycles. The van der Waals surface area contributed by atoms with Gasteiger partial charge in [-0.25, -0.2) is 9.67 Å². The minimum Gasteiger partial charge on any atom is -0.292 e. The summed E-state index contributed by atoms with van der Waals surface area (Å²) in [6.07, 6.45) is 7.09. The Morgan fingerprint density at radius 1 is 0.968 bits per heavy atom. The van der Waals surface area contributed by atoms with Crippen molar-refractivity contribution >= 4 is 11.7 Å². The van der Waals surface area contributed by atoms with Crippen molar-refractivity contribution in [3.8, 4) is 5.69 Å². The van der Waals surface area contributed by atoms with E-state index in [0.29, 0.717) is 6.54 Å². The summed E-state index contributed by atoms with van der Waals surface area (Å²) >= 11 is 0. The van der Waals surface area contributed by atoms with Crippen molar-refractivity contribution in [1.82, 2.24) is 14.8 Å². The van der Waals surface area contributed by atoms with E-state index in [4.69, 9.17) is 0 Å². The largest absolute Gasteiger partial charge is 0.292 e. The van der Waals surface area contributed by atoms with Crippen LogP contribution in [0.15, 0.2) is 73.2 Å². The standard InChI is InChI=1S/C26H24N4O/c1-18-5-3-11-27-25(18)29-14-10-21-15-19(2)22(17-24(21)26(29)31)16-20-6-8-23(9-7-20)30-13-4-12-28-30/h3-9,11-13,15,17H,10,14,16H2,1-2H3. The number of nitrogens with zero attached hydrogens (tertiary/aromatic N) is 4. The minimum absolute atomic E-state index is 0.0401. The molecule has 5 heteroatoms. The number of aromatic nitrogens is 3. The lowest BCUT2D eigenvalue weighted by atomic mass is 9.91. The lowest BCUT2D eigenvalue weighted by molar-refractivity contribution is 0.0979. The fourth-order valence-electron chi connectivity index (χ4n) is 4.26. The molecule has 5 rings (SSSR count). The van der Waals surface area contributed by atoms with Crippen molar-refractivity contribution in [3.05, 3.63) is 107 Å². The fourth-order valence-corrected chi connectivity index (χ4v) is 4.26. The maximum absolute atomic E-state index is 13.3. The Bertz CT molecular complexity index is 1240. The second-order valence-electron chi connectivity index (χ2n) is 8.08. The first kappa shape index (κ1) is 19.2. The molecule has 2 aromatic carbocycles. The van der Waals surface area contributed by atoms with Crippen LogP contribution in [-0.2, 0) is 12.8 Å². The highest BCUT2D eigenvalue weighted by Gasteiger charge is 2.28. The van der Waals surface area contributed by atoms with E-state index >= 15 is 0 Å². The minimum atomic E-state index is 0.0401. The van der Waals surface area contributed by atoms with Crippen LogP contribution < -0.4 is 4.90 Å². The summed E-state index contributed by atoms with van der Waals surface area (Å²) in [5, 5.41) is 4.28. The molecule has 0 saturated carbocycles. The van der Waals surface area contributed by atoms with Crippen LogP contribution in [0.4, 0.5) is 5.82 Å². The van der Waals surface area contributed by atoms with Crippen molar-refractivity contribution in [3.63, 3.8) is 0 Å². The van der Waals surface area contributed by atoms with Crippen molar-refractivity contribution in [2.24, 2.45) is 0 Å². The number of hydrogen-bond donors (Lipinski definition) is 0. The highest BCUT2D eigenvalue weighted by atomic mass is 16.2. The summed E-state index contributed by atoms with van der Waals surface area (Å²) in [7, 11) is 0. The molecule has 31 heavy (non-hydrogen) atoms. The maximum atomic E-state index is 13.3. The van der Waals surface area contributed by atoms with Gasteiger partial charge in [-0.2, -0.15) is 5.10 Å². The molecule has 0 N–H and O–H groups in total. The predicted molar refractivity (Wildman–Crippen MR) is 122 cm³/mol. The average Bonchev–Trinajstić information content (AvgIpc) is 3.31. The molecule has 1 aliphatic rings. The molecular formula is C26H24N4O. The number of pyridine rings is 1. The van der Waals surface area contributed by atoms with E-state index in [1.54, 1.807) is 12.4 Å². The molecule has 4 aromatic rings. The van der Waals surface area contributed by atoms with Gasteiger partial charge in [0.25, 0.3) is 5.91 Å². The van der Waals surface area contributed by atoms with Gasteiger partial charge in [-0.1, -0.05) is 24.3 Å². The van der Waals surface area contributed by atoms with Crippen molar-refractivity contribution in [2.75, 3.05) is 11.4 Å². The van der Waals surface area contributed by atoms with E-state index in [2.05, 4.69) is 53.4 Å². The van der Waals surface area contributed by atoms with Crippen LogP contribution in [0.3, 0.4) is 0 Å². The summed E-state index contributed by atoms with van der Waals surface area (Å²) in [5.74, 6) is 0.799. The molecule has 0 bridgehead atoms. The molecular weight excluding hydrogens is 384 g/mol. The molecule has 0 unspecified atom stereocenters. The number of carbonyl (C=O) groups is 1. The molecule has 154 valence electrons. The Morgan fingerprint density at radius 3 is 2.55 bits per heavy atom. The topological polar surface area (TPSA) is 51.0 Å². The van der Waals surface area contributed by atoms with Gasteiger partial charge < -0.3 is 0 Å². The number of hydrogen-bond acceptors (Lipinski definition) is 3. The number of fused-ring (bicyclic) bond motifs is 1. The molecule has 0 atom stereocenters.